The van der Waals surface area contributed by atoms with Gasteiger partial charge in [-0.2, -0.15) is 13.2 Å². The fourth-order valence-corrected chi connectivity index (χ4v) is 4.36. The van der Waals surface area contributed by atoms with Crippen molar-refractivity contribution in [3.05, 3.63) is 29.8 Å². The van der Waals surface area contributed by atoms with Gasteiger partial charge in [-0.3, -0.25) is 4.79 Å². The van der Waals surface area contributed by atoms with Crippen molar-refractivity contribution in [2.75, 3.05) is 25.0 Å². The third-order valence-corrected chi connectivity index (χ3v) is 5.82. The predicted molar refractivity (Wildman–Crippen MR) is 96.3 cm³/mol. The lowest BCUT2D eigenvalue weighted by atomic mass is 9.96. The minimum atomic E-state index is -4.33. The minimum Gasteiger partial charge on any atom is -0.391 e. The first-order chi connectivity index (χ1) is 12.7. The van der Waals surface area contributed by atoms with Crippen molar-refractivity contribution in [1.29, 1.82) is 0 Å². The third kappa shape index (κ3) is 4.21. The molecule has 1 saturated heterocycles. The van der Waals surface area contributed by atoms with E-state index in [-0.39, 0.29) is 11.9 Å². The van der Waals surface area contributed by atoms with E-state index in [0.29, 0.717) is 11.8 Å². The second kappa shape index (κ2) is 7.67. The summed E-state index contributed by atoms with van der Waals surface area (Å²) in [6.45, 7) is 3.12. The fourth-order valence-electron chi connectivity index (χ4n) is 4.36. The zero-order valence-electron chi connectivity index (χ0n) is 15.5. The molecule has 1 aromatic rings. The molecule has 1 heterocycles. The topological polar surface area (TPSA) is 64.6 Å². The Morgan fingerprint density at radius 2 is 1.89 bits per heavy atom. The Labute approximate surface area is 156 Å². The average molecular weight is 385 g/mol. The van der Waals surface area contributed by atoms with Crippen molar-refractivity contribution in [1.82, 2.24) is 10.6 Å². The third-order valence-electron chi connectivity index (χ3n) is 5.82. The van der Waals surface area contributed by atoms with Gasteiger partial charge >= 0.3 is 6.18 Å². The van der Waals surface area contributed by atoms with Crippen molar-refractivity contribution in [2.24, 2.45) is 11.8 Å². The first-order valence-electron chi connectivity index (χ1n) is 9.28. The number of halogens is 3. The maximum Gasteiger partial charge on any atom is 0.416 e. The number of rotatable bonds is 5. The van der Waals surface area contributed by atoms with Gasteiger partial charge in [0, 0.05) is 31.9 Å². The van der Waals surface area contributed by atoms with E-state index in [1.165, 1.54) is 12.1 Å². The van der Waals surface area contributed by atoms with E-state index < -0.39 is 23.9 Å². The van der Waals surface area contributed by atoms with Crippen molar-refractivity contribution in [3.63, 3.8) is 0 Å². The number of benzene rings is 1. The summed E-state index contributed by atoms with van der Waals surface area (Å²) in [6, 6.07) is 4.72. The molecule has 27 heavy (non-hydrogen) atoms. The van der Waals surface area contributed by atoms with E-state index in [0.717, 1.165) is 43.8 Å². The van der Waals surface area contributed by atoms with Crippen LogP contribution in [0.2, 0.25) is 0 Å². The maximum absolute atomic E-state index is 12.7. The van der Waals surface area contributed by atoms with Crippen LogP contribution in [0.4, 0.5) is 18.9 Å². The molecule has 1 amide bonds. The van der Waals surface area contributed by atoms with E-state index in [1.807, 2.05) is 0 Å². The molecule has 0 aromatic heterocycles. The number of carbonyl (C=O) groups is 1. The number of nitrogens with one attached hydrogen (secondary N) is 2. The van der Waals surface area contributed by atoms with Crippen LogP contribution in [-0.2, 0) is 11.0 Å². The maximum atomic E-state index is 12.7. The number of aliphatic hydroxyl groups excluding tert-OH is 1. The van der Waals surface area contributed by atoms with Crippen molar-refractivity contribution >= 4 is 11.6 Å². The zero-order valence-corrected chi connectivity index (χ0v) is 15.5. The van der Waals surface area contributed by atoms with Gasteiger partial charge in [0.05, 0.1) is 11.7 Å². The number of nitrogens with zero attached hydrogens (tertiary/aromatic N) is 1. The highest BCUT2D eigenvalue weighted by Gasteiger charge is 2.44. The standard InChI is InChI=1S/C19H26F3N3O2/c1-11(26)17(18(27)23-2)24-16-8-3-12-9-25(10-15(12)16)14-6-4-13(5-7-14)19(20,21)22/h4-7,11-12,15-17,24,26H,3,8-10H2,1-2H3,(H,23,27)/t11-,12+,15-,16-,17-/m0/s1. The molecule has 0 unspecified atom stereocenters. The lowest BCUT2D eigenvalue weighted by Crippen LogP contribution is -2.54. The van der Waals surface area contributed by atoms with E-state index in [2.05, 4.69) is 15.5 Å². The van der Waals surface area contributed by atoms with Crippen LogP contribution >= 0.6 is 0 Å². The smallest absolute Gasteiger partial charge is 0.391 e. The van der Waals surface area contributed by atoms with Crippen LogP contribution in [0.3, 0.4) is 0 Å². The van der Waals surface area contributed by atoms with Crippen LogP contribution in [0, 0.1) is 11.8 Å². The van der Waals surface area contributed by atoms with Gasteiger partial charge in [0.15, 0.2) is 0 Å². The number of likely N-dealkylation sites (N-methyl/N-ethyl adjacent to an activating group) is 1. The second-order valence-corrected chi connectivity index (χ2v) is 7.56. The summed E-state index contributed by atoms with van der Waals surface area (Å²) < 4.78 is 38.2. The number of anilines is 1. The summed E-state index contributed by atoms with van der Waals surface area (Å²) in [7, 11) is 1.54. The van der Waals surface area contributed by atoms with Gasteiger partial charge in [0.2, 0.25) is 5.91 Å². The summed E-state index contributed by atoms with van der Waals surface area (Å²) in [5, 5.41) is 15.8. The largest absolute Gasteiger partial charge is 0.416 e. The molecule has 0 spiro atoms. The number of alkyl halides is 3. The molecular weight excluding hydrogens is 359 g/mol. The molecule has 3 rings (SSSR count). The Kier molecular flexibility index (Phi) is 5.67. The molecule has 2 fully saturated rings. The summed E-state index contributed by atoms with van der Waals surface area (Å²) in [4.78, 5) is 14.1. The van der Waals surface area contributed by atoms with Gasteiger partial charge in [-0.1, -0.05) is 0 Å². The number of carbonyl (C=O) groups excluding carboxylic acids is 1. The van der Waals surface area contributed by atoms with Crippen molar-refractivity contribution < 1.29 is 23.1 Å². The van der Waals surface area contributed by atoms with Crippen LogP contribution in [0.1, 0.15) is 25.3 Å². The summed E-state index contributed by atoms with van der Waals surface area (Å²) in [5.41, 5.74) is 0.144. The minimum absolute atomic E-state index is 0.103. The molecule has 1 aliphatic heterocycles. The highest BCUT2D eigenvalue weighted by molar-refractivity contribution is 5.82. The lowest BCUT2D eigenvalue weighted by molar-refractivity contribution is -0.137. The zero-order chi connectivity index (χ0) is 19.8. The molecule has 150 valence electrons. The summed E-state index contributed by atoms with van der Waals surface area (Å²) in [5.74, 6) is 0.494. The lowest BCUT2D eigenvalue weighted by Gasteiger charge is -2.28. The van der Waals surface area contributed by atoms with E-state index in [9.17, 15) is 23.1 Å². The van der Waals surface area contributed by atoms with Crippen molar-refractivity contribution in [2.45, 2.75) is 44.1 Å². The molecule has 8 heteroatoms. The number of fused-ring (bicyclic) bond motifs is 1. The number of amides is 1. The molecular formula is C19H26F3N3O2. The fraction of sp³-hybridized carbons (Fsp3) is 0.632. The first-order valence-corrected chi connectivity index (χ1v) is 9.28. The van der Waals surface area contributed by atoms with Gasteiger partial charge in [0.25, 0.3) is 0 Å². The predicted octanol–water partition coefficient (Wildman–Crippen LogP) is 2.01. The second-order valence-electron chi connectivity index (χ2n) is 7.56. The van der Waals surface area contributed by atoms with Crippen LogP contribution < -0.4 is 15.5 Å². The summed E-state index contributed by atoms with van der Waals surface area (Å²) >= 11 is 0. The summed E-state index contributed by atoms with van der Waals surface area (Å²) in [6.07, 6.45) is -3.21. The Morgan fingerprint density at radius 1 is 1.22 bits per heavy atom. The van der Waals surface area contributed by atoms with Crippen LogP contribution in [-0.4, -0.2) is 49.3 Å². The first kappa shape index (κ1) is 19.9. The van der Waals surface area contributed by atoms with Gasteiger partial charge in [-0.05, 0) is 55.9 Å². The molecule has 1 aromatic carbocycles. The van der Waals surface area contributed by atoms with Gasteiger partial charge < -0.3 is 20.6 Å². The molecule has 2 aliphatic rings. The van der Waals surface area contributed by atoms with Gasteiger partial charge in [-0.25, -0.2) is 0 Å². The van der Waals surface area contributed by atoms with Crippen LogP contribution in [0.25, 0.3) is 0 Å². The Balaban J connectivity index is 1.66. The normalized spacial score (nSPS) is 27.3. The number of hydrogen-bond acceptors (Lipinski definition) is 4. The van der Waals surface area contributed by atoms with Crippen molar-refractivity contribution in [3.8, 4) is 0 Å². The Hall–Kier alpha value is -1.80. The van der Waals surface area contributed by atoms with E-state index >= 15 is 0 Å². The highest BCUT2D eigenvalue weighted by Crippen LogP contribution is 2.40. The molecule has 1 aliphatic carbocycles. The Bertz CT molecular complexity index is 663. The van der Waals surface area contributed by atoms with Crippen LogP contribution in [0.15, 0.2) is 24.3 Å². The quantitative estimate of drug-likeness (QED) is 0.726. The molecule has 0 bridgehead atoms. The monoisotopic (exact) mass is 385 g/mol. The Morgan fingerprint density at radius 3 is 2.44 bits per heavy atom. The molecule has 1 saturated carbocycles. The molecule has 0 radical (unpaired) electrons. The molecule has 3 N–H and O–H groups in total. The van der Waals surface area contributed by atoms with Crippen LogP contribution in [0.5, 0.6) is 0 Å². The average Bonchev–Trinajstić information content (AvgIpc) is 3.19. The SMILES string of the molecule is CNC(=O)[C@@H](N[C@H]1CC[C@@H]2CN(c3ccc(C(F)(F)F)cc3)C[C@@H]21)[C@H](C)O. The highest BCUT2D eigenvalue weighted by atomic mass is 19.4. The molecule has 5 atom stereocenters. The van der Waals surface area contributed by atoms with E-state index in [4.69, 9.17) is 0 Å². The number of aliphatic hydroxyl groups is 1. The number of hydrogen-bond donors (Lipinski definition) is 3. The van der Waals surface area contributed by atoms with Gasteiger partial charge in [0.1, 0.15) is 6.04 Å². The molecule has 5 nitrogen and oxygen atoms in total. The van der Waals surface area contributed by atoms with E-state index in [1.54, 1.807) is 14.0 Å². The van der Waals surface area contributed by atoms with Gasteiger partial charge in [-0.15, -0.1) is 0 Å².